The Morgan fingerprint density at radius 3 is 2.58 bits per heavy atom. The molecule has 172 valence electrons. The smallest absolute Gasteiger partial charge is 0.264 e. The minimum absolute atomic E-state index is 0.0857. The summed E-state index contributed by atoms with van der Waals surface area (Å²) in [5.74, 6) is 1.12. The van der Waals surface area contributed by atoms with Crippen molar-refractivity contribution < 1.29 is 22.7 Å². The van der Waals surface area contributed by atoms with Crippen LogP contribution in [-0.2, 0) is 19.6 Å². The quantitative estimate of drug-likeness (QED) is 0.766. The molecule has 1 N–H and O–H groups in total. The SMILES string of the molecule is CC[C@H]1Oc2ccccc2C2CCC(CC2)OC[C@H]2[C@@H](NS(C)(=O)=O)CCCN2C1=O. The maximum absolute atomic E-state index is 13.6. The van der Waals surface area contributed by atoms with Crippen LogP contribution in [0.4, 0.5) is 0 Å². The molecule has 1 aromatic rings. The zero-order valence-corrected chi connectivity index (χ0v) is 19.3. The van der Waals surface area contributed by atoms with Crippen LogP contribution in [0.1, 0.15) is 63.4 Å². The van der Waals surface area contributed by atoms with Crippen LogP contribution in [0.15, 0.2) is 24.3 Å². The van der Waals surface area contributed by atoms with Gasteiger partial charge in [-0.3, -0.25) is 4.79 Å². The maximum Gasteiger partial charge on any atom is 0.264 e. The highest BCUT2D eigenvalue weighted by molar-refractivity contribution is 7.88. The highest BCUT2D eigenvalue weighted by Gasteiger charge is 2.40. The molecule has 0 spiro atoms. The van der Waals surface area contributed by atoms with Gasteiger partial charge >= 0.3 is 0 Å². The van der Waals surface area contributed by atoms with E-state index in [0.29, 0.717) is 31.9 Å². The van der Waals surface area contributed by atoms with Gasteiger partial charge in [0.25, 0.3) is 5.91 Å². The van der Waals surface area contributed by atoms with E-state index in [9.17, 15) is 13.2 Å². The van der Waals surface area contributed by atoms with Crippen molar-refractivity contribution in [3.8, 4) is 5.75 Å². The molecule has 0 radical (unpaired) electrons. The lowest BCUT2D eigenvalue weighted by atomic mass is 9.82. The summed E-state index contributed by atoms with van der Waals surface area (Å²) < 4.78 is 39.3. The summed E-state index contributed by atoms with van der Waals surface area (Å²) in [4.78, 5) is 15.4. The highest BCUT2D eigenvalue weighted by Crippen LogP contribution is 2.39. The number of ether oxygens (including phenoxy) is 2. The third-order valence-electron chi connectivity index (χ3n) is 6.88. The second-order valence-corrected chi connectivity index (χ2v) is 10.9. The van der Waals surface area contributed by atoms with Crippen LogP contribution >= 0.6 is 0 Å². The lowest BCUT2D eigenvalue weighted by Gasteiger charge is -2.42. The van der Waals surface area contributed by atoms with Gasteiger partial charge in [-0.2, -0.15) is 0 Å². The fraction of sp³-hybridized carbons (Fsp3) is 0.696. The number of hydrogen-bond donors (Lipinski definition) is 1. The van der Waals surface area contributed by atoms with E-state index in [2.05, 4.69) is 10.8 Å². The molecule has 8 heteroatoms. The molecule has 1 saturated heterocycles. The molecule has 1 aromatic carbocycles. The van der Waals surface area contributed by atoms with Gasteiger partial charge in [0.2, 0.25) is 10.0 Å². The van der Waals surface area contributed by atoms with Crippen LogP contribution < -0.4 is 9.46 Å². The average molecular weight is 451 g/mol. The van der Waals surface area contributed by atoms with E-state index < -0.39 is 16.1 Å². The number of amides is 1. The summed E-state index contributed by atoms with van der Waals surface area (Å²) in [6.45, 7) is 2.89. The van der Waals surface area contributed by atoms with Crippen LogP contribution in [0.5, 0.6) is 5.75 Å². The van der Waals surface area contributed by atoms with Gasteiger partial charge in [-0.05, 0) is 62.5 Å². The van der Waals surface area contributed by atoms with E-state index in [1.54, 1.807) is 4.90 Å². The molecular weight excluding hydrogens is 416 g/mol. The molecule has 2 bridgehead atoms. The fourth-order valence-electron chi connectivity index (χ4n) is 5.30. The van der Waals surface area contributed by atoms with Crippen LogP contribution in [-0.4, -0.2) is 62.9 Å². The number of fused-ring (bicyclic) bond motifs is 5. The monoisotopic (exact) mass is 450 g/mol. The van der Waals surface area contributed by atoms with Crippen molar-refractivity contribution in [2.24, 2.45) is 0 Å². The number of rotatable bonds is 3. The lowest BCUT2D eigenvalue weighted by molar-refractivity contribution is -0.146. The van der Waals surface area contributed by atoms with Gasteiger partial charge in [0.1, 0.15) is 5.75 Å². The van der Waals surface area contributed by atoms with Crippen molar-refractivity contribution in [3.63, 3.8) is 0 Å². The molecule has 4 aliphatic rings. The minimum Gasteiger partial charge on any atom is -0.480 e. The Morgan fingerprint density at radius 2 is 1.87 bits per heavy atom. The number of sulfonamides is 1. The largest absolute Gasteiger partial charge is 0.480 e. The van der Waals surface area contributed by atoms with Gasteiger partial charge in [-0.15, -0.1) is 0 Å². The zero-order chi connectivity index (χ0) is 22.0. The first-order chi connectivity index (χ1) is 14.9. The van der Waals surface area contributed by atoms with E-state index in [1.165, 1.54) is 11.8 Å². The van der Waals surface area contributed by atoms with E-state index >= 15 is 0 Å². The third kappa shape index (κ3) is 5.23. The van der Waals surface area contributed by atoms with Crippen LogP contribution in [0.2, 0.25) is 0 Å². The first-order valence-corrected chi connectivity index (χ1v) is 13.4. The molecule has 7 nitrogen and oxygen atoms in total. The van der Waals surface area contributed by atoms with Gasteiger partial charge in [0, 0.05) is 12.6 Å². The molecule has 2 fully saturated rings. The summed E-state index contributed by atoms with van der Waals surface area (Å²) >= 11 is 0. The molecule has 1 saturated carbocycles. The number of hydrogen-bond acceptors (Lipinski definition) is 5. The highest BCUT2D eigenvalue weighted by atomic mass is 32.2. The van der Waals surface area contributed by atoms with Crippen LogP contribution in [0.25, 0.3) is 0 Å². The first-order valence-electron chi connectivity index (χ1n) is 11.5. The van der Waals surface area contributed by atoms with Gasteiger partial charge in [0.15, 0.2) is 6.10 Å². The van der Waals surface area contributed by atoms with Gasteiger partial charge in [0.05, 0.1) is 25.0 Å². The number of benzene rings is 1. The predicted octanol–water partition coefficient (Wildman–Crippen LogP) is 2.81. The number of carbonyl (C=O) groups is 1. The summed E-state index contributed by atoms with van der Waals surface area (Å²) in [6, 6.07) is 7.40. The summed E-state index contributed by atoms with van der Waals surface area (Å²) in [6.07, 6.45) is 6.67. The molecule has 1 amide bonds. The molecule has 5 rings (SSSR count). The van der Waals surface area contributed by atoms with Gasteiger partial charge in [-0.25, -0.2) is 13.1 Å². The standard InChI is InChI=1S/C23H34N2O5S/c1-3-21-23(26)25-14-6-8-19(24-31(2,27)28)20(25)15-29-17-12-10-16(11-13-17)18-7-4-5-9-22(18)30-21/h4-5,7,9,16-17,19-21,24H,3,6,8,10-15H2,1-2H3/t16?,17?,19-,20-,21+/m0/s1. The Balaban J connectivity index is 1.68. The second kappa shape index (κ2) is 9.46. The van der Waals surface area contributed by atoms with Crippen molar-refractivity contribution in [1.82, 2.24) is 9.62 Å². The number of nitrogens with one attached hydrogen (secondary N) is 1. The average Bonchev–Trinajstić information content (AvgIpc) is 2.76. The molecule has 0 aromatic heterocycles. The van der Waals surface area contributed by atoms with Crippen LogP contribution in [0, 0.1) is 0 Å². The Labute approximate surface area is 185 Å². The number of carbonyl (C=O) groups excluding carboxylic acids is 1. The number of nitrogens with zero attached hydrogens (tertiary/aromatic N) is 1. The van der Waals surface area contributed by atoms with Crippen molar-refractivity contribution >= 4 is 15.9 Å². The topological polar surface area (TPSA) is 84.9 Å². The summed E-state index contributed by atoms with van der Waals surface area (Å²) in [5, 5.41) is 0. The third-order valence-corrected chi connectivity index (χ3v) is 7.61. The molecular formula is C23H34N2O5S. The number of para-hydroxylation sites is 1. The molecule has 3 aliphatic heterocycles. The van der Waals surface area contributed by atoms with Crippen molar-refractivity contribution in [3.05, 3.63) is 29.8 Å². The molecule has 0 unspecified atom stereocenters. The zero-order valence-electron chi connectivity index (χ0n) is 18.5. The predicted molar refractivity (Wildman–Crippen MR) is 119 cm³/mol. The van der Waals surface area contributed by atoms with E-state index in [1.807, 2.05) is 25.1 Å². The Bertz CT molecular complexity index is 882. The first kappa shape index (κ1) is 22.6. The van der Waals surface area contributed by atoms with Crippen molar-refractivity contribution in [2.45, 2.75) is 82.1 Å². The van der Waals surface area contributed by atoms with E-state index in [0.717, 1.165) is 37.9 Å². The molecule has 3 atom stereocenters. The summed E-state index contributed by atoms with van der Waals surface area (Å²) in [5.41, 5.74) is 1.18. The Hall–Kier alpha value is -1.64. The Morgan fingerprint density at radius 1 is 1.13 bits per heavy atom. The van der Waals surface area contributed by atoms with Gasteiger partial charge < -0.3 is 14.4 Å². The second-order valence-electron chi connectivity index (χ2n) is 9.10. The number of piperidine rings is 1. The maximum atomic E-state index is 13.6. The Kier molecular flexibility index (Phi) is 6.89. The van der Waals surface area contributed by atoms with E-state index in [-0.39, 0.29) is 24.1 Å². The summed E-state index contributed by atoms with van der Waals surface area (Å²) in [7, 11) is -3.39. The van der Waals surface area contributed by atoms with Crippen molar-refractivity contribution in [2.75, 3.05) is 19.4 Å². The lowest BCUT2D eigenvalue weighted by Crippen LogP contribution is -2.61. The van der Waals surface area contributed by atoms with E-state index in [4.69, 9.17) is 9.47 Å². The molecule has 1 aliphatic carbocycles. The molecule has 3 heterocycles. The van der Waals surface area contributed by atoms with Crippen LogP contribution in [0.3, 0.4) is 0 Å². The normalized spacial score (nSPS) is 32.1. The molecule has 31 heavy (non-hydrogen) atoms. The van der Waals surface area contributed by atoms with Crippen molar-refractivity contribution in [1.29, 1.82) is 0 Å². The fourth-order valence-corrected chi connectivity index (χ4v) is 6.12. The minimum atomic E-state index is -3.39. The van der Waals surface area contributed by atoms with Gasteiger partial charge in [-0.1, -0.05) is 25.1 Å².